The zero-order valence-corrected chi connectivity index (χ0v) is 13.7. The first kappa shape index (κ1) is 16.3. The van der Waals surface area contributed by atoms with Crippen LogP contribution in [0.15, 0.2) is 48.5 Å². The van der Waals surface area contributed by atoms with Crippen LogP contribution in [0.1, 0.15) is 5.56 Å². The first-order valence-electron chi connectivity index (χ1n) is 6.91. The fraction of sp³-hybridized carbons (Fsp3) is 0. The van der Waals surface area contributed by atoms with Gasteiger partial charge in [0.15, 0.2) is 0 Å². The predicted molar refractivity (Wildman–Crippen MR) is 94.2 cm³/mol. The molecule has 2 aromatic carbocycles. The molecule has 1 heterocycles. The van der Waals surface area contributed by atoms with Crippen molar-refractivity contribution in [3.63, 3.8) is 0 Å². The number of halogens is 3. The number of nitrogen functional groups attached to an aromatic ring is 1. The Bertz CT molecular complexity index is 963. The fourth-order valence-electron chi connectivity index (χ4n) is 2.34. The molecular formula is C18H10Cl2FN3. The molecule has 0 atom stereocenters. The third-order valence-electron chi connectivity index (χ3n) is 3.53. The summed E-state index contributed by atoms with van der Waals surface area (Å²) < 4.78 is 13.1. The molecule has 24 heavy (non-hydrogen) atoms. The second-order valence-electron chi connectivity index (χ2n) is 5.06. The molecule has 0 aliphatic carbocycles. The number of benzene rings is 2. The van der Waals surface area contributed by atoms with Crippen molar-refractivity contribution in [1.82, 2.24) is 4.98 Å². The van der Waals surface area contributed by atoms with Crippen LogP contribution in [-0.2, 0) is 0 Å². The Labute approximate surface area is 148 Å². The maximum atomic E-state index is 13.1. The molecule has 0 bridgehead atoms. The highest BCUT2D eigenvalue weighted by atomic mass is 35.5. The van der Waals surface area contributed by atoms with Crippen LogP contribution in [0.3, 0.4) is 0 Å². The predicted octanol–water partition coefficient (Wildman–Crippen LogP) is 5.32. The van der Waals surface area contributed by atoms with Gasteiger partial charge in [-0.2, -0.15) is 5.26 Å². The average Bonchev–Trinajstić information content (AvgIpc) is 2.57. The van der Waals surface area contributed by atoms with Crippen molar-refractivity contribution in [2.24, 2.45) is 0 Å². The normalized spacial score (nSPS) is 10.4. The lowest BCUT2D eigenvalue weighted by atomic mass is 9.98. The summed E-state index contributed by atoms with van der Waals surface area (Å²) in [6.45, 7) is 0. The number of hydrogen-bond donors (Lipinski definition) is 1. The lowest BCUT2D eigenvalue weighted by Crippen LogP contribution is -1.99. The molecule has 3 nitrogen and oxygen atoms in total. The van der Waals surface area contributed by atoms with E-state index in [1.165, 1.54) is 12.1 Å². The van der Waals surface area contributed by atoms with Crippen LogP contribution < -0.4 is 5.73 Å². The van der Waals surface area contributed by atoms with Crippen LogP contribution in [0.2, 0.25) is 10.0 Å². The smallest absolute Gasteiger partial charge is 0.142 e. The summed E-state index contributed by atoms with van der Waals surface area (Å²) in [5, 5.41) is 10.2. The lowest BCUT2D eigenvalue weighted by molar-refractivity contribution is 0.628. The van der Waals surface area contributed by atoms with Crippen molar-refractivity contribution in [2.75, 3.05) is 5.73 Å². The molecule has 3 aromatic rings. The van der Waals surface area contributed by atoms with Gasteiger partial charge in [-0.25, -0.2) is 9.37 Å². The number of pyridine rings is 1. The molecule has 0 saturated carbocycles. The Hall–Kier alpha value is -2.61. The highest BCUT2D eigenvalue weighted by molar-refractivity contribution is 6.42. The van der Waals surface area contributed by atoms with Crippen molar-refractivity contribution < 1.29 is 4.39 Å². The molecule has 0 unspecified atom stereocenters. The van der Waals surface area contributed by atoms with E-state index in [2.05, 4.69) is 11.1 Å². The van der Waals surface area contributed by atoms with Gasteiger partial charge in [-0.15, -0.1) is 0 Å². The van der Waals surface area contributed by atoms with Crippen molar-refractivity contribution in [1.29, 1.82) is 5.26 Å². The molecule has 0 fully saturated rings. The van der Waals surface area contributed by atoms with Gasteiger partial charge >= 0.3 is 0 Å². The van der Waals surface area contributed by atoms with Crippen LogP contribution in [0.5, 0.6) is 0 Å². The minimum Gasteiger partial charge on any atom is -0.383 e. The quantitative estimate of drug-likeness (QED) is 0.675. The number of rotatable bonds is 2. The van der Waals surface area contributed by atoms with E-state index < -0.39 is 0 Å². The van der Waals surface area contributed by atoms with Crippen LogP contribution in [0, 0.1) is 17.1 Å². The molecule has 0 spiro atoms. The Balaban J connectivity index is 2.22. The molecule has 0 aliphatic rings. The number of nitrogens with zero attached hydrogens (tertiary/aromatic N) is 2. The molecule has 1 aromatic heterocycles. The SMILES string of the molecule is N#Cc1c(-c2ccc(Cl)c(Cl)c2)cc(-c2ccc(F)cc2)nc1N. The van der Waals surface area contributed by atoms with Gasteiger partial charge < -0.3 is 5.73 Å². The zero-order valence-electron chi connectivity index (χ0n) is 12.2. The number of nitrogens with two attached hydrogens (primary N) is 1. The second-order valence-corrected chi connectivity index (χ2v) is 5.88. The molecule has 0 radical (unpaired) electrons. The van der Waals surface area contributed by atoms with E-state index in [0.29, 0.717) is 32.4 Å². The molecule has 118 valence electrons. The molecule has 3 rings (SSSR count). The number of hydrogen-bond acceptors (Lipinski definition) is 3. The summed E-state index contributed by atoms with van der Waals surface area (Å²) in [7, 11) is 0. The van der Waals surface area contributed by atoms with Gasteiger partial charge in [0, 0.05) is 11.1 Å². The van der Waals surface area contributed by atoms with Crippen molar-refractivity contribution in [3.05, 3.63) is 70.0 Å². The minimum absolute atomic E-state index is 0.0976. The number of aromatic nitrogens is 1. The Morgan fingerprint density at radius 1 is 0.958 bits per heavy atom. The largest absolute Gasteiger partial charge is 0.383 e. The molecule has 0 saturated heterocycles. The van der Waals surface area contributed by atoms with Gasteiger partial charge in [0.1, 0.15) is 23.3 Å². The highest BCUT2D eigenvalue weighted by Gasteiger charge is 2.14. The Morgan fingerprint density at radius 2 is 1.62 bits per heavy atom. The summed E-state index contributed by atoms with van der Waals surface area (Å²) in [5.41, 5.74) is 8.69. The standard InChI is InChI=1S/C18H10Cl2FN3/c19-15-6-3-11(7-16(15)20)13-8-17(24-18(23)14(13)9-22)10-1-4-12(21)5-2-10/h1-8H,(H2,23,24). The van der Waals surface area contributed by atoms with Gasteiger partial charge in [-0.05, 0) is 48.0 Å². The molecule has 0 aliphatic heterocycles. The van der Waals surface area contributed by atoms with Crippen molar-refractivity contribution in [3.8, 4) is 28.5 Å². The van der Waals surface area contributed by atoms with E-state index in [4.69, 9.17) is 28.9 Å². The van der Waals surface area contributed by atoms with Gasteiger partial charge in [0.05, 0.1) is 15.7 Å². The van der Waals surface area contributed by atoms with E-state index in [0.717, 1.165) is 0 Å². The monoisotopic (exact) mass is 357 g/mol. The van der Waals surface area contributed by atoms with Crippen molar-refractivity contribution >= 4 is 29.0 Å². The van der Waals surface area contributed by atoms with Crippen LogP contribution in [0.4, 0.5) is 10.2 Å². The molecular weight excluding hydrogens is 348 g/mol. The lowest BCUT2D eigenvalue weighted by Gasteiger charge is -2.11. The van der Waals surface area contributed by atoms with Crippen LogP contribution >= 0.6 is 23.2 Å². The second kappa shape index (κ2) is 6.48. The third kappa shape index (κ3) is 3.05. The third-order valence-corrected chi connectivity index (χ3v) is 4.27. The van der Waals surface area contributed by atoms with E-state index in [1.54, 1.807) is 36.4 Å². The van der Waals surface area contributed by atoms with E-state index in [-0.39, 0.29) is 17.2 Å². The molecule has 0 amide bonds. The van der Waals surface area contributed by atoms with Crippen molar-refractivity contribution in [2.45, 2.75) is 0 Å². The maximum absolute atomic E-state index is 13.1. The Kier molecular flexibility index (Phi) is 4.39. The van der Waals surface area contributed by atoms with E-state index in [9.17, 15) is 9.65 Å². The topological polar surface area (TPSA) is 62.7 Å². The maximum Gasteiger partial charge on any atom is 0.142 e. The number of anilines is 1. The zero-order chi connectivity index (χ0) is 17.3. The number of nitriles is 1. The molecule has 6 heteroatoms. The van der Waals surface area contributed by atoms with E-state index >= 15 is 0 Å². The first-order valence-corrected chi connectivity index (χ1v) is 7.67. The van der Waals surface area contributed by atoms with Gasteiger partial charge in [0.2, 0.25) is 0 Å². The fourth-order valence-corrected chi connectivity index (χ4v) is 2.64. The summed E-state index contributed by atoms with van der Waals surface area (Å²) in [6.07, 6.45) is 0. The first-order chi connectivity index (χ1) is 11.5. The van der Waals surface area contributed by atoms with Gasteiger partial charge in [0.25, 0.3) is 0 Å². The highest BCUT2D eigenvalue weighted by Crippen LogP contribution is 2.34. The average molecular weight is 358 g/mol. The van der Waals surface area contributed by atoms with Crippen LogP contribution in [0.25, 0.3) is 22.4 Å². The summed E-state index contributed by atoms with van der Waals surface area (Å²) in [6, 6.07) is 14.7. The molecule has 2 N–H and O–H groups in total. The summed E-state index contributed by atoms with van der Waals surface area (Å²) >= 11 is 12.0. The summed E-state index contributed by atoms with van der Waals surface area (Å²) in [4.78, 5) is 4.24. The van der Waals surface area contributed by atoms with Gasteiger partial charge in [-0.3, -0.25) is 0 Å². The summed E-state index contributed by atoms with van der Waals surface area (Å²) in [5.74, 6) is -0.245. The Morgan fingerprint density at radius 3 is 2.25 bits per heavy atom. The van der Waals surface area contributed by atoms with Gasteiger partial charge in [-0.1, -0.05) is 29.3 Å². The van der Waals surface area contributed by atoms with E-state index in [1.807, 2.05) is 0 Å². The minimum atomic E-state index is -0.343. The van der Waals surface area contributed by atoms with Crippen LogP contribution in [-0.4, -0.2) is 4.98 Å².